The second-order valence-corrected chi connectivity index (χ2v) is 4.93. The van der Waals surface area contributed by atoms with Crippen LogP contribution in [0.2, 0.25) is 0 Å². The molecule has 0 fully saturated rings. The molecule has 0 saturated carbocycles. The molecule has 110 valence electrons. The zero-order valence-electron chi connectivity index (χ0n) is 12.3. The van der Waals surface area contributed by atoms with E-state index in [2.05, 4.69) is 5.32 Å². The molecular weight excluding hydrogens is 269 g/mol. The fourth-order valence-electron chi connectivity index (χ4n) is 2.13. The molecule has 2 aromatic carbocycles. The van der Waals surface area contributed by atoms with Crippen LogP contribution in [-0.4, -0.2) is 13.0 Å². The maximum Gasteiger partial charge on any atom is 0.251 e. The third kappa shape index (κ3) is 3.60. The topological polar surface area (TPSA) is 38.3 Å². The number of ether oxygens (including phenoxy) is 1. The standard InChI is InChI=1S/C17H18FNO2/c1-11-10-14(6-9-16(11)21-3)17(20)19-12(2)13-4-7-15(18)8-5-13/h4-10,12H,1-3H3,(H,19,20)/t12-/m0/s1. The molecule has 1 amide bonds. The Balaban J connectivity index is 2.10. The van der Waals surface area contributed by atoms with E-state index in [0.29, 0.717) is 5.56 Å². The van der Waals surface area contributed by atoms with Gasteiger partial charge in [0.1, 0.15) is 11.6 Å². The lowest BCUT2D eigenvalue weighted by Crippen LogP contribution is -2.26. The van der Waals surface area contributed by atoms with Crippen molar-refractivity contribution < 1.29 is 13.9 Å². The Hall–Kier alpha value is -2.36. The van der Waals surface area contributed by atoms with Crippen molar-refractivity contribution >= 4 is 5.91 Å². The minimum atomic E-state index is -0.289. The fourth-order valence-corrected chi connectivity index (χ4v) is 2.13. The van der Waals surface area contributed by atoms with E-state index in [1.165, 1.54) is 12.1 Å². The summed E-state index contributed by atoms with van der Waals surface area (Å²) in [5, 5.41) is 2.89. The highest BCUT2D eigenvalue weighted by atomic mass is 19.1. The lowest BCUT2D eigenvalue weighted by Gasteiger charge is -2.15. The van der Waals surface area contributed by atoms with Crippen LogP contribution in [0.1, 0.15) is 34.5 Å². The average molecular weight is 287 g/mol. The van der Waals surface area contributed by atoms with E-state index in [1.54, 1.807) is 37.4 Å². The van der Waals surface area contributed by atoms with Crippen LogP contribution in [0.3, 0.4) is 0 Å². The third-order valence-electron chi connectivity index (χ3n) is 3.37. The van der Waals surface area contributed by atoms with Gasteiger partial charge in [-0.2, -0.15) is 0 Å². The van der Waals surface area contributed by atoms with E-state index in [4.69, 9.17) is 4.74 Å². The van der Waals surface area contributed by atoms with Crippen molar-refractivity contribution in [3.63, 3.8) is 0 Å². The van der Waals surface area contributed by atoms with Gasteiger partial charge >= 0.3 is 0 Å². The quantitative estimate of drug-likeness (QED) is 0.932. The lowest BCUT2D eigenvalue weighted by atomic mass is 10.1. The molecule has 0 saturated heterocycles. The van der Waals surface area contributed by atoms with Gasteiger partial charge in [-0.05, 0) is 55.3 Å². The predicted octanol–water partition coefficient (Wildman–Crippen LogP) is 3.63. The summed E-state index contributed by atoms with van der Waals surface area (Å²) in [7, 11) is 1.60. The molecule has 1 N–H and O–H groups in total. The number of carbonyl (C=O) groups is 1. The van der Waals surface area contributed by atoms with Crippen LogP contribution in [0.5, 0.6) is 5.75 Å². The Labute approximate surface area is 123 Å². The van der Waals surface area contributed by atoms with E-state index in [9.17, 15) is 9.18 Å². The molecule has 0 spiro atoms. The van der Waals surface area contributed by atoms with Gasteiger partial charge in [0.05, 0.1) is 13.2 Å². The molecular formula is C17H18FNO2. The Bertz CT molecular complexity index is 638. The van der Waals surface area contributed by atoms with Crippen molar-refractivity contribution in [3.05, 3.63) is 65.0 Å². The number of amides is 1. The van der Waals surface area contributed by atoms with Gasteiger partial charge in [0.2, 0.25) is 0 Å². The van der Waals surface area contributed by atoms with E-state index >= 15 is 0 Å². The number of nitrogens with one attached hydrogen (secondary N) is 1. The molecule has 4 heteroatoms. The van der Waals surface area contributed by atoms with Gasteiger partial charge in [-0.3, -0.25) is 4.79 Å². The van der Waals surface area contributed by atoms with Gasteiger partial charge in [-0.15, -0.1) is 0 Å². The third-order valence-corrected chi connectivity index (χ3v) is 3.37. The SMILES string of the molecule is COc1ccc(C(=O)N[C@@H](C)c2ccc(F)cc2)cc1C. The van der Waals surface area contributed by atoms with Gasteiger partial charge < -0.3 is 10.1 Å². The lowest BCUT2D eigenvalue weighted by molar-refractivity contribution is 0.0940. The maximum atomic E-state index is 12.9. The van der Waals surface area contributed by atoms with Crippen LogP contribution in [0.4, 0.5) is 4.39 Å². The van der Waals surface area contributed by atoms with Crippen LogP contribution < -0.4 is 10.1 Å². The number of halogens is 1. The second kappa shape index (κ2) is 6.39. The molecule has 0 heterocycles. The first-order valence-electron chi connectivity index (χ1n) is 6.72. The van der Waals surface area contributed by atoms with Crippen LogP contribution in [0.15, 0.2) is 42.5 Å². The largest absolute Gasteiger partial charge is 0.496 e. The normalized spacial score (nSPS) is 11.8. The van der Waals surface area contributed by atoms with Crippen molar-refractivity contribution in [2.45, 2.75) is 19.9 Å². The summed E-state index contributed by atoms with van der Waals surface area (Å²) in [6, 6.07) is 11.2. The molecule has 3 nitrogen and oxygen atoms in total. The van der Waals surface area contributed by atoms with Crippen molar-refractivity contribution in [2.24, 2.45) is 0 Å². The van der Waals surface area contributed by atoms with Crippen molar-refractivity contribution in [2.75, 3.05) is 7.11 Å². The van der Waals surface area contributed by atoms with Crippen molar-refractivity contribution in [1.29, 1.82) is 0 Å². The average Bonchev–Trinajstić information content (AvgIpc) is 2.47. The number of hydrogen-bond acceptors (Lipinski definition) is 2. The van der Waals surface area contributed by atoms with Crippen LogP contribution in [0.25, 0.3) is 0 Å². The van der Waals surface area contributed by atoms with E-state index in [-0.39, 0.29) is 17.8 Å². The summed E-state index contributed by atoms with van der Waals surface area (Å²) >= 11 is 0. The summed E-state index contributed by atoms with van der Waals surface area (Å²) in [5.74, 6) is 0.291. The molecule has 0 radical (unpaired) electrons. The maximum absolute atomic E-state index is 12.9. The van der Waals surface area contributed by atoms with Gasteiger partial charge in [0, 0.05) is 5.56 Å². The smallest absolute Gasteiger partial charge is 0.251 e. The molecule has 0 bridgehead atoms. The van der Waals surface area contributed by atoms with E-state index in [1.807, 2.05) is 13.8 Å². The minimum absolute atomic E-state index is 0.169. The Morgan fingerprint density at radius 1 is 1.19 bits per heavy atom. The van der Waals surface area contributed by atoms with E-state index in [0.717, 1.165) is 16.9 Å². The molecule has 0 unspecified atom stereocenters. The second-order valence-electron chi connectivity index (χ2n) is 4.93. The summed E-state index contributed by atoms with van der Waals surface area (Å²) in [4.78, 5) is 12.2. The van der Waals surface area contributed by atoms with Crippen LogP contribution >= 0.6 is 0 Å². The van der Waals surface area contributed by atoms with Gasteiger partial charge in [-0.25, -0.2) is 4.39 Å². The molecule has 0 aliphatic heterocycles. The predicted molar refractivity (Wildman–Crippen MR) is 80.0 cm³/mol. The summed E-state index contributed by atoms with van der Waals surface area (Å²) in [6.07, 6.45) is 0. The van der Waals surface area contributed by atoms with E-state index < -0.39 is 0 Å². The zero-order chi connectivity index (χ0) is 15.4. The highest BCUT2D eigenvalue weighted by Crippen LogP contribution is 2.19. The molecule has 0 aliphatic rings. The van der Waals surface area contributed by atoms with Gasteiger partial charge in [0.25, 0.3) is 5.91 Å². The minimum Gasteiger partial charge on any atom is -0.496 e. The molecule has 0 aliphatic carbocycles. The number of hydrogen-bond donors (Lipinski definition) is 1. The Morgan fingerprint density at radius 3 is 2.43 bits per heavy atom. The molecule has 2 rings (SSSR count). The monoisotopic (exact) mass is 287 g/mol. The van der Waals surface area contributed by atoms with Crippen molar-refractivity contribution in [1.82, 2.24) is 5.32 Å². The van der Waals surface area contributed by atoms with Crippen LogP contribution in [-0.2, 0) is 0 Å². The molecule has 1 atom stereocenters. The number of aryl methyl sites for hydroxylation is 1. The summed E-state index contributed by atoms with van der Waals surface area (Å²) in [6.45, 7) is 3.75. The van der Waals surface area contributed by atoms with Crippen LogP contribution in [0, 0.1) is 12.7 Å². The summed E-state index contributed by atoms with van der Waals surface area (Å²) in [5.41, 5.74) is 2.33. The zero-order valence-corrected chi connectivity index (χ0v) is 12.3. The number of rotatable bonds is 4. The number of carbonyl (C=O) groups excluding carboxylic acids is 1. The highest BCUT2D eigenvalue weighted by Gasteiger charge is 2.12. The van der Waals surface area contributed by atoms with Gasteiger partial charge in [-0.1, -0.05) is 12.1 Å². The number of methoxy groups -OCH3 is 1. The molecule has 21 heavy (non-hydrogen) atoms. The van der Waals surface area contributed by atoms with Crippen molar-refractivity contribution in [3.8, 4) is 5.75 Å². The first kappa shape index (κ1) is 15.0. The van der Waals surface area contributed by atoms with Gasteiger partial charge in [0.15, 0.2) is 0 Å². The number of benzene rings is 2. The summed E-state index contributed by atoms with van der Waals surface area (Å²) < 4.78 is 18.1. The fraction of sp³-hybridized carbons (Fsp3) is 0.235. The molecule has 2 aromatic rings. The highest BCUT2D eigenvalue weighted by molar-refractivity contribution is 5.94. The first-order valence-corrected chi connectivity index (χ1v) is 6.72. The Kier molecular flexibility index (Phi) is 4.58. The Morgan fingerprint density at radius 2 is 1.86 bits per heavy atom. The first-order chi connectivity index (χ1) is 10.0. The molecule has 0 aromatic heterocycles.